The molecule has 4 nitrogen and oxygen atoms in total. The summed E-state index contributed by atoms with van der Waals surface area (Å²) in [5.41, 5.74) is 0.954. The van der Waals surface area contributed by atoms with Crippen LogP contribution < -0.4 is 5.32 Å². The second kappa shape index (κ2) is 7.07. The molecule has 0 bridgehead atoms. The zero-order valence-electron chi connectivity index (χ0n) is 12.6. The summed E-state index contributed by atoms with van der Waals surface area (Å²) < 4.78 is 13.8. The summed E-state index contributed by atoms with van der Waals surface area (Å²) in [6.45, 7) is 4.51. The topological polar surface area (TPSA) is 51.4 Å². The summed E-state index contributed by atoms with van der Waals surface area (Å²) in [5.74, 6) is 1.14. The molecule has 1 aliphatic heterocycles. The third kappa shape index (κ3) is 3.94. The number of nitrogens with zero attached hydrogens (tertiary/aromatic N) is 3. The number of likely N-dealkylation sites (tertiary alicyclic amines) is 1. The van der Waals surface area contributed by atoms with Crippen LogP contribution in [-0.2, 0) is 6.54 Å². The van der Waals surface area contributed by atoms with Gasteiger partial charge in [0, 0.05) is 32.2 Å². The molecule has 0 saturated carbocycles. The van der Waals surface area contributed by atoms with E-state index in [9.17, 15) is 4.39 Å². The number of aliphatic imine (C=N–C) groups is 1. The Kier molecular flexibility index (Phi) is 5.15. The number of hydrogen-bond donors (Lipinski definition) is 1. The Hall–Kier alpha value is -2.09. The minimum absolute atomic E-state index is 0.302. The first-order valence-electron chi connectivity index (χ1n) is 7.28. The third-order valence-corrected chi connectivity index (χ3v) is 3.78. The average molecular weight is 288 g/mol. The predicted octanol–water partition coefficient (Wildman–Crippen LogP) is 2.50. The lowest BCUT2D eigenvalue weighted by Gasteiger charge is -2.33. The highest BCUT2D eigenvalue weighted by Crippen LogP contribution is 2.16. The van der Waals surface area contributed by atoms with Crippen molar-refractivity contribution >= 4 is 5.96 Å². The third-order valence-electron chi connectivity index (χ3n) is 3.78. The first-order chi connectivity index (χ1) is 10.1. The first-order valence-corrected chi connectivity index (χ1v) is 7.28. The summed E-state index contributed by atoms with van der Waals surface area (Å²) in [4.78, 5) is 6.49. The van der Waals surface area contributed by atoms with E-state index < -0.39 is 0 Å². The van der Waals surface area contributed by atoms with Crippen molar-refractivity contribution in [1.29, 1.82) is 5.26 Å². The minimum atomic E-state index is -0.302. The van der Waals surface area contributed by atoms with Gasteiger partial charge in [0.05, 0.1) is 11.6 Å². The van der Waals surface area contributed by atoms with Gasteiger partial charge in [-0.25, -0.2) is 4.39 Å². The average Bonchev–Trinajstić information content (AvgIpc) is 2.49. The standard InChI is InChI=1S/C16H21FN4/c1-12-4-3-7-21(11-12)16(19-2)20-10-14-8-13(9-18)5-6-15(14)17/h5-6,8,12H,3-4,7,10-11H2,1-2H3,(H,19,20). The molecule has 1 atom stereocenters. The van der Waals surface area contributed by atoms with Crippen molar-refractivity contribution in [2.45, 2.75) is 26.3 Å². The Labute approximate surface area is 125 Å². The number of piperidine rings is 1. The summed E-state index contributed by atoms with van der Waals surface area (Å²) in [7, 11) is 1.74. The van der Waals surface area contributed by atoms with Gasteiger partial charge in [-0.1, -0.05) is 6.92 Å². The van der Waals surface area contributed by atoms with E-state index in [1.165, 1.54) is 18.6 Å². The largest absolute Gasteiger partial charge is 0.352 e. The number of rotatable bonds is 2. The zero-order chi connectivity index (χ0) is 15.2. The van der Waals surface area contributed by atoms with Crippen LogP contribution in [0, 0.1) is 23.1 Å². The Balaban J connectivity index is 2.02. The maximum Gasteiger partial charge on any atom is 0.193 e. The number of benzene rings is 1. The molecule has 112 valence electrons. The van der Waals surface area contributed by atoms with E-state index in [0.717, 1.165) is 25.5 Å². The molecule has 1 saturated heterocycles. The fourth-order valence-corrected chi connectivity index (χ4v) is 2.67. The molecule has 0 spiro atoms. The van der Waals surface area contributed by atoms with Gasteiger partial charge in [-0.2, -0.15) is 5.26 Å². The van der Waals surface area contributed by atoms with Gasteiger partial charge < -0.3 is 10.2 Å². The lowest BCUT2D eigenvalue weighted by atomic mass is 10.0. The van der Waals surface area contributed by atoms with Crippen molar-refractivity contribution in [2.24, 2.45) is 10.9 Å². The van der Waals surface area contributed by atoms with Gasteiger partial charge in [0.2, 0.25) is 0 Å². The van der Waals surface area contributed by atoms with E-state index in [0.29, 0.717) is 23.6 Å². The van der Waals surface area contributed by atoms with Crippen LogP contribution in [0.3, 0.4) is 0 Å². The molecule has 1 fully saturated rings. The fourth-order valence-electron chi connectivity index (χ4n) is 2.67. The molecule has 1 aliphatic rings. The fraction of sp³-hybridized carbons (Fsp3) is 0.500. The molecule has 1 N–H and O–H groups in total. The molecule has 1 aromatic rings. The lowest BCUT2D eigenvalue weighted by Crippen LogP contribution is -2.45. The lowest BCUT2D eigenvalue weighted by molar-refractivity contribution is 0.266. The van der Waals surface area contributed by atoms with Crippen LogP contribution in [0.2, 0.25) is 0 Å². The summed E-state index contributed by atoms with van der Waals surface area (Å²) in [5, 5.41) is 12.1. The number of hydrogen-bond acceptors (Lipinski definition) is 2. The SMILES string of the molecule is CN=C(NCc1cc(C#N)ccc1F)N1CCCC(C)C1. The Bertz CT molecular complexity index is 562. The van der Waals surface area contributed by atoms with Crippen LogP contribution in [0.25, 0.3) is 0 Å². The molecule has 1 aromatic carbocycles. The number of nitriles is 1. The summed E-state index contributed by atoms with van der Waals surface area (Å²) in [6, 6.07) is 6.43. The van der Waals surface area contributed by atoms with Gasteiger partial charge in [-0.05, 0) is 37.0 Å². The van der Waals surface area contributed by atoms with E-state index in [-0.39, 0.29) is 5.82 Å². The van der Waals surface area contributed by atoms with Crippen LogP contribution in [0.5, 0.6) is 0 Å². The molecular formula is C16H21FN4. The summed E-state index contributed by atoms with van der Waals surface area (Å²) >= 11 is 0. The monoisotopic (exact) mass is 288 g/mol. The van der Waals surface area contributed by atoms with Crippen molar-refractivity contribution in [3.63, 3.8) is 0 Å². The van der Waals surface area contributed by atoms with E-state index in [1.807, 2.05) is 6.07 Å². The highest BCUT2D eigenvalue weighted by Gasteiger charge is 2.19. The number of guanidine groups is 1. The van der Waals surface area contributed by atoms with Gasteiger partial charge >= 0.3 is 0 Å². The maximum atomic E-state index is 13.8. The summed E-state index contributed by atoms with van der Waals surface area (Å²) in [6.07, 6.45) is 2.40. The minimum Gasteiger partial charge on any atom is -0.352 e. The zero-order valence-corrected chi connectivity index (χ0v) is 12.6. The number of halogens is 1. The highest BCUT2D eigenvalue weighted by atomic mass is 19.1. The molecule has 21 heavy (non-hydrogen) atoms. The highest BCUT2D eigenvalue weighted by molar-refractivity contribution is 5.80. The van der Waals surface area contributed by atoms with Crippen LogP contribution in [0.15, 0.2) is 23.2 Å². The van der Waals surface area contributed by atoms with Gasteiger partial charge in [-0.3, -0.25) is 4.99 Å². The van der Waals surface area contributed by atoms with E-state index in [2.05, 4.69) is 22.1 Å². The smallest absolute Gasteiger partial charge is 0.193 e. The van der Waals surface area contributed by atoms with E-state index >= 15 is 0 Å². The molecular weight excluding hydrogens is 267 g/mol. The van der Waals surface area contributed by atoms with Gasteiger partial charge in [0.25, 0.3) is 0 Å². The van der Waals surface area contributed by atoms with E-state index in [1.54, 1.807) is 13.1 Å². The Morgan fingerprint density at radius 1 is 1.57 bits per heavy atom. The molecule has 0 aliphatic carbocycles. The molecule has 0 radical (unpaired) electrons. The van der Waals surface area contributed by atoms with Crippen LogP contribution in [0.1, 0.15) is 30.9 Å². The van der Waals surface area contributed by atoms with Crippen molar-refractivity contribution in [1.82, 2.24) is 10.2 Å². The maximum absolute atomic E-state index is 13.8. The van der Waals surface area contributed by atoms with Gasteiger partial charge in [-0.15, -0.1) is 0 Å². The molecule has 5 heteroatoms. The van der Waals surface area contributed by atoms with Crippen molar-refractivity contribution < 1.29 is 4.39 Å². The van der Waals surface area contributed by atoms with Crippen LogP contribution >= 0.6 is 0 Å². The van der Waals surface area contributed by atoms with Crippen molar-refractivity contribution in [2.75, 3.05) is 20.1 Å². The van der Waals surface area contributed by atoms with Gasteiger partial charge in [0.15, 0.2) is 5.96 Å². The molecule has 0 aromatic heterocycles. The normalized spacial score (nSPS) is 19.2. The molecule has 2 rings (SSSR count). The second-order valence-corrected chi connectivity index (χ2v) is 5.51. The van der Waals surface area contributed by atoms with Crippen LogP contribution in [0.4, 0.5) is 4.39 Å². The molecule has 1 unspecified atom stereocenters. The predicted molar refractivity (Wildman–Crippen MR) is 81.3 cm³/mol. The van der Waals surface area contributed by atoms with Crippen molar-refractivity contribution in [3.05, 3.63) is 35.1 Å². The number of nitrogens with one attached hydrogen (secondary N) is 1. The Morgan fingerprint density at radius 3 is 3.05 bits per heavy atom. The molecule has 1 heterocycles. The van der Waals surface area contributed by atoms with Crippen molar-refractivity contribution in [3.8, 4) is 6.07 Å². The first kappa shape index (κ1) is 15.3. The Morgan fingerprint density at radius 2 is 2.38 bits per heavy atom. The second-order valence-electron chi connectivity index (χ2n) is 5.51. The quantitative estimate of drug-likeness (QED) is 0.672. The molecule has 0 amide bonds. The van der Waals surface area contributed by atoms with E-state index in [4.69, 9.17) is 5.26 Å². The van der Waals surface area contributed by atoms with Gasteiger partial charge in [0.1, 0.15) is 5.82 Å². The van der Waals surface area contributed by atoms with Crippen LogP contribution in [-0.4, -0.2) is 31.0 Å².